The van der Waals surface area contributed by atoms with Gasteiger partial charge in [-0.05, 0) is 45.3 Å². The van der Waals surface area contributed by atoms with E-state index in [1.54, 1.807) is 0 Å². The third-order valence-corrected chi connectivity index (χ3v) is 2.94. The summed E-state index contributed by atoms with van der Waals surface area (Å²) in [6, 6.07) is 0.557. The fraction of sp³-hybridized carbons (Fsp3) is 0.909. The summed E-state index contributed by atoms with van der Waals surface area (Å²) in [6.07, 6.45) is 1.15. The van der Waals surface area contributed by atoms with Crippen LogP contribution in [0.2, 0.25) is 0 Å². The smallest absolute Gasteiger partial charge is 0.169 e. The molecule has 14 heavy (non-hydrogen) atoms. The van der Waals surface area contributed by atoms with E-state index in [4.69, 9.17) is 12.2 Å². The van der Waals surface area contributed by atoms with Gasteiger partial charge in [0.25, 0.3) is 0 Å². The largest absolute Gasteiger partial charge is 0.358 e. The lowest BCUT2D eigenvalue weighted by atomic mass is 9.92. The topological polar surface area (TPSA) is 15.3 Å². The molecular weight excluding hydrogens is 192 g/mol. The van der Waals surface area contributed by atoms with Crippen LogP contribution in [-0.2, 0) is 0 Å². The van der Waals surface area contributed by atoms with Gasteiger partial charge in [-0.15, -0.1) is 0 Å². The van der Waals surface area contributed by atoms with Gasteiger partial charge in [-0.3, -0.25) is 0 Å². The van der Waals surface area contributed by atoms with E-state index < -0.39 is 0 Å². The predicted octanol–water partition coefficient (Wildman–Crippen LogP) is 2.39. The van der Waals surface area contributed by atoms with E-state index in [-0.39, 0.29) is 5.54 Å². The van der Waals surface area contributed by atoms with Crippen molar-refractivity contribution in [2.45, 2.75) is 52.6 Å². The molecule has 0 aliphatic carbocycles. The summed E-state index contributed by atoms with van der Waals surface area (Å²) >= 11 is 5.39. The Morgan fingerprint density at radius 1 is 1.57 bits per heavy atom. The van der Waals surface area contributed by atoms with Gasteiger partial charge in [0.2, 0.25) is 0 Å². The minimum atomic E-state index is 0.157. The van der Waals surface area contributed by atoms with Gasteiger partial charge >= 0.3 is 0 Å². The van der Waals surface area contributed by atoms with Crippen molar-refractivity contribution in [2.24, 2.45) is 5.92 Å². The molecule has 1 unspecified atom stereocenters. The summed E-state index contributed by atoms with van der Waals surface area (Å²) in [4.78, 5) is 2.31. The van der Waals surface area contributed by atoms with Crippen molar-refractivity contribution in [2.75, 3.05) is 6.54 Å². The molecule has 1 N–H and O–H groups in total. The summed E-state index contributed by atoms with van der Waals surface area (Å²) in [7, 11) is 0. The SMILES string of the molecule is CC(C)CN1C(=S)NC(C)(C)CC1C. The van der Waals surface area contributed by atoms with E-state index in [1.165, 1.54) is 0 Å². The molecule has 1 atom stereocenters. The molecule has 3 heteroatoms. The summed E-state index contributed by atoms with van der Waals surface area (Å²) < 4.78 is 0. The molecule has 0 amide bonds. The fourth-order valence-corrected chi connectivity index (χ4v) is 2.65. The van der Waals surface area contributed by atoms with Crippen molar-refractivity contribution in [3.63, 3.8) is 0 Å². The van der Waals surface area contributed by atoms with Crippen molar-refractivity contribution in [3.8, 4) is 0 Å². The molecule has 0 aromatic carbocycles. The zero-order chi connectivity index (χ0) is 10.9. The molecule has 1 saturated heterocycles. The zero-order valence-corrected chi connectivity index (χ0v) is 10.7. The van der Waals surface area contributed by atoms with Crippen LogP contribution >= 0.6 is 12.2 Å². The quantitative estimate of drug-likeness (QED) is 0.711. The zero-order valence-electron chi connectivity index (χ0n) is 9.92. The number of rotatable bonds is 2. The molecule has 1 aliphatic heterocycles. The van der Waals surface area contributed by atoms with E-state index in [1.807, 2.05) is 0 Å². The minimum absolute atomic E-state index is 0.157. The average molecular weight is 214 g/mol. The van der Waals surface area contributed by atoms with Crippen molar-refractivity contribution in [3.05, 3.63) is 0 Å². The molecule has 1 rings (SSSR count). The van der Waals surface area contributed by atoms with Gasteiger partial charge in [0, 0.05) is 18.1 Å². The lowest BCUT2D eigenvalue weighted by Gasteiger charge is -2.45. The van der Waals surface area contributed by atoms with Crippen LogP contribution in [-0.4, -0.2) is 28.1 Å². The van der Waals surface area contributed by atoms with Crippen molar-refractivity contribution >= 4 is 17.3 Å². The number of hydrogen-bond acceptors (Lipinski definition) is 1. The van der Waals surface area contributed by atoms with Gasteiger partial charge in [0.1, 0.15) is 0 Å². The van der Waals surface area contributed by atoms with Gasteiger partial charge < -0.3 is 10.2 Å². The van der Waals surface area contributed by atoms with Crippen LogP contribution in [0.4, 0.5) is 0 Å². The van der Waals surface area contributed by atoms with Crippen LogP contribution < -0.4 is 5.32 Å². The number of nitrogens with zero attached hydrogens (tertiary/aromatic N) is 1. The van der Waals surface area contributed by atoms with Gasteiger partial charge in [0.05, 0.1) is 0 Å². The van der Waals surface area contributed by atoms with Crippen molar-refractivity contribution < 1.29 is 0 Å². The Labute approximate surface area is 93.1 Å². The molecule has 0 saturated carbocycles. The number of hydrogen-bond donors (Lipinski definition) is 1. The molecular formula is C11H22N2S. The fourth-order valence-electron chi connectivity index (χ4n) is 2.12. The van der Waals surface area contributed by atoms with Gasteiger partial charge in [-0.2, -0.15) is 0 Å². The first-order valence-corrected chi connectivity index (χ1v) is 5.81. The van der Waals surface area contributed by atoms with Crippen LogP contribution in [0.15, 0.2) is 0 Å². The predicted molar refractivity (Wildman–Crippen MR) is 65.4 cm³/mol. The number of nitrogens with one attached hydrogen (secondary N) is 1. The molecule has 2 nitrogen and oxygen atoms in total. The maximum Gasteiger partial charge on any atom is 0.169 e. The highest BCUT2D eigenvalue weighted by Crippen LogP contribution is 2.22. The van der Waals surface area contributed by atoms with E-state index in [2.05, 4.69) is 44.8 Å². The highest BCUT2D eigenvalue weighted by molar-refractivity contribution is 7.80. The lowest BCUT2D eigenvalue weighted by Crippen LogP contribution is -2.60. The highest BCUT2D eigenvalue weighted by Gasteiger charge is 2.32. The molecule has 82 valence electrons. The molecule has 1 fully saturated rings. The Balaban J connectivity index is 2.66. The van der Waals surface area contributed by atoms with E-state index in [9.17, 15) is 0 Å². The second-order valence-corrected chi connectivity index (χ2v) is 5.80. The molecule has 1 aliphatic rings. The van der Waals surface area contributed by atoms with E-state index in [0.717, 1.165) is 18.1 Å². The monoisotopic (exact) mass is 214 g/mol. The van der Waals surface area contributed by atoms with Gasteiger partial charge in [-0.1, -0.05) is 13.8 Å². The minimum Gasteiger partial charge on any atom is -0.358 e. The van der Waals surface area contributed by atoms with E-state index in [0.29, 0.717) is 12.0 Å². The summed E-state index contributed by atoms with van der Waals surface area (Å²) in [5, 5.41) is 4.32. The summed E-state index contributed by atoms with van der Waals surface area (Å²) in [5.41, 5.74) is 0.157. The molecule has 0 aromatic heterocycles. The highest BCUT2D eigenvalue weighted by atomic mass is 32.1. The second kappa shape index (κ2) is 4.05. The van der Waals surface area contributed by atoms with E-state index >= 15 is 0 Å². The van der Waals surface area contributed by atoms with Crippen LogP contribution in [0.3, 0.4) is 0 Å². The first-order chi connectivity index (χ1) is 6.32. The Hall–Kier alpha value is -0.310. The van der Waals surface area contributed by atoms with Gasteiger partial charge in [0.15, 0.2) is 5.11 Å². The maximum absolute atomic E-state index is 5.39. The van der Waals surface area contributed by atoms with Gasteiger partial charge in [-0.25, -0.2) is 0 Å². The number of thiocarbonyl (C=S) groups is 1. The molecule has 0 bridgehead atoms. The first kappa shape index (κ1) is 11.8. The Bertz CT molecular complexity index is 223. The molecule has 1 heterocycles. The third-order valence-electron chi connectivity index (χ3n) is 2.61. The Kier molecular flexibility index (Phi) is 3.40. The first-order valence-electron chi connectivity index (χ1n) is 5.40. The van der Waals surface area contributed by atoms with Crippen LogP contribution in [0.5, 0.6) is 0 Å². The van der Waals surface area contributed by atoms with Crippen molar-refractivity contribution in [1.82, 2.24) is 10.2 Å². The second-order valence-electron chi connectivity index (χ2n) is 5.41. The Morgan fingerprint density at radius 2 is 2.14 bits per heavy atom. The molecule has 0 aromatic rings. The average Bonchev–Trinajstić information content (AvgIpc) is 1.94. The third kappa shape index (κ3) is 2.84. The summed E-state index contributed by atoms with van der Waals surface area (Å²) in [6.45, 7) is 12.2. The molecule has 0 spiro atoms. The normalized spacial score (nSPS) is 26.6. The Morgan fingerprint density at radius 3 is 2.57 bits per heavy atom. The van der Waals surface area contributed by atoms with Crippen LogP contribution in [0.25, 0.3) is 0 Å². The summed E-state index contributed by atoms with van der Waals surface area (Å²) in [5.74, 6) is 0.665. The lowest BCUT2D eigenvalue weighted by molar-refractivity contribution is 0.198. The van der Waals surface area contributed by atoms with Crippen LogP contribution in [0.1, 0.15) is 41.0 Å². The molecule has 0 radical (unpaired) electrons. The van der Waals surface area contributed by atoms with Crippen LogP contribution in [0, 0.1) is 5.92 Å². The maximum atomic E-state index is 5.39. The van der Waals surface area contributed by atoms with Crippen molar-refractivity contribution in [1.29, 1.82) is 0 Å². The standard InChI is InChI=1S/C11H22N2S/c1-8(2)7-13-9(3)6-11(4,5)12-10(13)14/h8-9H,6-7H2,1-5H3,(H,12,14).